The first kappa shape index (κ1) is 21.0. The number of ketones is 1. The summed E-state index contributed by atoms with van der Waals surface area (Å²) < 4.78 is 5.06. The Morgan fingerprint density at radius 2 is 1.86 bits per heavy atom. The first-order chi connectivity index (χ1) is 13.4. The molecule has 2 aromatic carbocycles. The number of nitrogens with two attached hydrogens (primary N) is 1. The van der Waals surface area contributed by atoms with E-state index >= 15 is 0 Å². The van der Waals surface area contributed by atoms with Crippen molar-refractivity contribution in [2.24, 2.45) is 5.73 Å². The summed E-state index contributed by atoms with van der Waals surface area (Å²) in [5.41, 5.74) is 7.37. The highest BCUT2D eigenvalue weighted by atomic mass is 35.5. The lowest BCUT2D eigenvalue weighted by Crippen LogP contribution is -2.18. The van der Waals surface area contributed by atoms with Crippen molar-refractivity contribution in [2.45, 2.75) is 13.3 Å². The lowest BCUT2D eigenvalue weighted by molar-refractivity contribution is -0.118. The van der Waals surface area contributed by atoms with Gasteiger partial charge in [-0.1, -0.05) is 35.9 Å². The second-order valence-electron chi connectivity index (χ2n) is 6.02. The van der Waals surface area contributed by atoms with Gasteiger partial charge in [-0.05, 0) is 43.2 Å². The van der Waals surface area contributed by atoms with Crippen LogP contribution in [-0.2, 0) is 16.0 Å². The van der Waals surface area contributed by atoms with Crippen LogP contribution >= 0.6 is 11.6 Å². The van der Waals surface area contributed by atoms with Crippen LogP contribution in [0.15, 0.2) is 59.8 Å². The molecule has 0 aliphatic rings. The molecular weight excluding hydrogens is 378 g/mol. The molecule has 3 N–H and O–H groups in total. The Morgan fingerprint density at radius 1 is 1.18 bits per heavy atom. The molecule has 0 saturated heterocycles. The van der Waals surface area contributed by atoms with Crippen molar-refractivity contribution >= 4 is 29.0 Å². The molecule has 0 spiro atoms. The minimum Gasteiger partial charge on any atom is -0.454 e. The molecule has 0 saturated carbocycles. The molecule has 0 radical (unpaired) electrons. The van der Waals surface area contributed by atoms with E-state index in [0.717, 1.165) is 12.0 Å². The van der Waals surface area contributed by atoms with E-state index in [1.165, 1.54) is 6.92 Å². The van der Waals surface area contributed by atoms with Crippen molar-refractivity contribution in [3.05, 3.63) is 76.0 Å². The van der Waals surface area contributed by atoms with Crippen LogP contribution in [0, 0.1) is 11.3 Å². The molecule has 6 nitrogen and oxygen atoms in total. The quantitative estimate of drug-likeness (QED) is 0.401. The molecule has 0 bridgehead atoms. The summed E-state index contributed by atoms with van der Waals surface area (Å²) in [6.07, 6.45) is 0.741. The highest BCUT2D eigenvalue weighted by molar-refractivity contribution is 6.30. The number of halogens is 1. The Hall–Kier alpha value is -3.30. The number of nitrogens with zero attached hydrogens (tertiary/aromatic N) is 1. The van der Waals surface area contributed by atoms with Crippen molar-refractivity contribution in [1.29, 1.82) is 5.26 Å². The number of hydrogen-bond acceptors (Lipinski definition) is 6. The standard InChI is InChI=1S/C21H20ClN3O3/c1-14(24)18(12-23)20(26)13-28-21(27)17-4-2-3-5-19(17)25-11-10-15-6-8-16(22)9-7-15/h2-9,25H,10-11,13,24H2,1H3/b18-14+. The second-order valence-corrected chi connectivity index (χ2v) is 6.45. The van der Waals surface area contributed by atoms with Gasteiger partial charge in [-0.3, -0.25) is 4.79 Å². The summed E-state index contributed by atoms with van der Waals surface area (Å²) in [4.78, 5) is 24.3. The number of hydrogen-bond donors (Lipinski definition) is 2. The number of allylic oxidation sites excluding steroid dienone is 1. The van der Waals surface area contributed by atoms with Crippen LogP contribution in [0.5, 0.6) is 0 Å². The predicted octanol–water partition coefficient (Wildman–Crippen LogP) is 3.48. The monoisotopic (exact) mass is 397 g/mol. The summed E-state index contributed by atoms with van der Waals surface area (Å²) in [5.74, 6) is -1.29. The van der Waals surface area contributed by atoms with Gasteiger partial charge in [0.05, 0.1) is 5.56 Å². The third kappa shape index (κ3) is 5.86. The van der Waals surface area contributed by atoms with Crippen molar-refractivity contribution in [1.82, 2.24) is 0 Å². The number of carbonyl (C=O) groups is 2. The molecular formula is C21H20ClN3O3. The number of rotatable bonds is 8. The van der Waals surface area contributed by atoms with E-state index in [1.807, 2.05) is 24.3 Å². The average Bonchev–Trinajstić information content (AvgIpc) is 2.68. The number of Topliss-reactive ketones (excluding diaryl/α,β-unsaturated/α-hetero) is 1. The Bertz CT molecular complexity index is 927. The number of anilines is 1. The number of benzene rings is 2. The van der Waals surface area contributed by atoms with Crippen LogP contribution in [0.2, 0.25) is 5.02 Å². The van der Waals surface area contributed by atoms with Crippen molar-refractivity contribution in [3.63, 3.8) is 0 Å². The van der Waals surface area contributed by atoms with E-state index in [9.17, 15) is 9.59 Å². The fourth-order valence-electron chi connectivity index (χ4n) is 2.46. The van der Waals surface area contributed by atoms with Crippen molar-refractivity contribution < 1.29 is 14.3 Å². The van der Waals surface area contributed by atoms with E-state index in [-0.39, 0.29) is 11.3 Å². The summed E-state index contributed by atoms with van der Waals surface area (Å²) in [7, 11) is 0. The maximum Gasteiger partial charge on any atom is 0.340 e. The summed E-state index contributed by atoms with van der Waals surface area (Å²) in [5, 5.41) is 12.8. The van der Waals surface area contributed by atoms with Crippen LogP contribution < -0.4 is 11.1 Å². The lowest BCUT2D eigenvalue weighted by Gasteiger charge is -2.12. The van der Waals surface area contributed by atoms with Gasteiger partial charge >= 0.3 is 5.97 Å². The van der Waals surface area contributed by atoms with E-state index in [2.05, 4.69) is 5.32 Å². The van der Waals surface area contributed by atoms with Gasteiger partial charge in [0.15, 0.2) is 6.61 Å². The zero-order chi connectivity index (χ0) is 20.5. The second kappa shape index (κ2) is 10.1. The Balaban J connectivity index is 1.97. The Morgan fingerprint density at radius 3 is 2.50 bits per heavy atom. The molecule has 0 aromatic heterocycles. The molecule has 28 heavy (non-hydrogen) atoms. The molecule has 0 aliphatic carbocycles. The molecule has 0 aliphatic heterocycles. The van der Waals surface area contributed by atoms with Gasteiger partial charge in [-0.2, -0.15) is 5.26 Å². The van der Waals surface area contributed by atoms with E-state index in [1.54, 1.807) is 30.3 Å². The fraction of sp³-hybridized carbons (Fsp3) is 0.190. The summed E-state index contributed by atoms with van der Waals surface area (Å²) in [6, 6.07) is 16.1. The number of para-hydroxylation sites is 1. The number of carbonyl (C=O) groups excluding carboxylic acids is 2. The van der Waals surface area contributed by atoms with Gasteiger partial charge in [0, 0.05) is 23.0 Å². The van der Waals surface area contributed by atoms with Gasteiger partial charge in [0.1, 0.15) is 11.6 Å². The van der Waals surface area contributed by atoms with Gasteiger partial charge in [0.2, 0.25) is 5.78 Å². The molecule has 144 valence electrons. The zero-order valence-electron chi connectivity index (χ0n) is 15.4. The minimum absolute atomic E-state index is 0.0906. The molecule has 2 aromatic rings. The lowest BCUT2D eigenvalue weighted by atomic mass is 10.1. The minimum atomic E-state index is -0.657. The first-order valence-corrected chi connectivity index (χ1v) is 8.94. The molecule has 0 unspecified atom stereocenters. The van der Waals surface area contributed by atoms with Crippen LogP contribution in [-0.4, -0.2) is 24.9 Å². The van der Waals surface area contributed by atoms with Crippen LogP contribution in [0.3, 0.4) is 0 Å². The van der Waals surface area contributed by atoms with Gasteiger partial charge in [0.25, 0.3) is 0 Å². The number of nitriles is 1. The SMILES string of the molecule is C/C(N)=C(/C#N)C(=O)COC(=O)c1ccccc1NCCc1ccc(Cl)cc1. The summed E-state index contributed by atoms with van der Waals surface area (Å²) in [6.45, 7) is 1.49. The number of nitrogens with one attached hydrogen (secondary N) is 1. The smallest absolute Gasteiger partial charge is 0.340 e. The third-order valence-electron chi connectivity index (χ3n) is 3.91. The third-order valence-corrected chi connectivity index (χ3v) is 4.16. The van der Waals surface area contributed by atoms with Gasteiger partial charge in [-0.15, -0.1) is 0 Å². The highest BCUT2D eigenvalue weighted by Gasteiger charge is 2.17. The van der Waals surface area contributed by atoms with Gasteiger partial charge < -0.3 is 15.8 Å². The maximum absolute atomic E-state index is 12.4. The molecule has 7 heteroatoms. The van der Waals surface area contributed by atoms with E-state index in [4.69, 9.17) is 27.3 Å². The van der Waals surface area contributed by atoms with Crippen LogP contribution in [0.4, 0.5) is 5.69 Å². The van der Waals surface area contributed by atoms with E-state index < -0.39 is 18.4 Å². The molecule has 0 heterocycles. The molecule has 0 atom stereocenters. The zero-order valence-corrected chi connectivity index (χ0v) is 16.1. The topological polar surface area (TPSA) is 105 Å². The first-order valence-electron chi connectivity index (χ1n) is 8.56. The number of esters is 1. The normalized spacial score (nSPS) is 11.2. The highest BCUT2D eigenvalue weighted by Crippen LogP contribution is 2.17. The van der Waals surface area contributed by atoms with Crippen molar-refractivity contribution in [3.8, 4) is 6.07 Å². The van der Waals surface area contributed by atoms with Gasteiger partial charge in [-0.25, -0.2) is 4.79 Å². The average molecular weight is 398 g/mol. The van der Waals surface area contributed by atoms with Crippen LogP contribution in [0.1, 0.15) is 22.8 Å². The Kier molecular flexibility index (Phi) is 7.61. The van der Waals surface area contributed by atoms with E-state index in [0.29, 0.717) is 22.8 Å². The van der Waals surface area contributed by atoms with Crippen LogP contribution in [0.25, 0.3) is 0 Å². The van der Waals surface area contributed by atoms with Crippen molar-refractivity contribution in [2.75, 3.05) is 18.5 Å². The molecule has 0 fully saturated rings. The fourth-order valence-corrected chi connectivity index (χ4v) is 2.59. The molecule has 2 rings (SSSR count). The largest absolute Gasteiger partial charge is 0.454 e. The maximum atomic E-state index is 12.4. The Labute approximate surface area is 168 Å². The molecule has 0 amide bonds. The summed E-state index contributed by atoms with van der Waals surface area (Å²) >= 11 is 5.88. The number of ether oxygens (including phenoxy) is 1. The predicted molar refractivity (Wildman–Crippen MR) is 108 cm³/mol.